The summed E-state index contributed by atoms with van der Waals surface area (Å²) in [5.41, 5.74) is 0.533. The van der Waals surface area contributed by atoms with Crippen LogP contribution in [-0.4, -0.2) is 24.7 Å². The Morgan fingerprint density at radius 2 is 1.78 bits per heavy atom. The number of ketones is 1. The van der Waals surface area contributed by atoms with Crippen LogP contribution in [0, 0.1) is 0 Å². The van der Waals surface area contributed by atoms with E-state index < -0.39 is 24.6 Å². The van der Waals surface area contributed by atoms with Crippen molar-refractivity contribution in [3.63, 3.8) is 0 Å². The van der Waals surface area contributed by atoms with Gasteiger partial charge in [-0.15, -0.1) is 13.2 Å². The third-order valence-corrected chi connectivity index (χ3v) is 3.53. The maximum absolute atomic E-state index is 12.1. The van der Waals surface area contributed by atoms with Crippen LogP contribution < -0.4 is 14.8 Å². The van der Waals surface area contributed by atoms with Gasteiger partial charge in [-0.25, -0.2) is 0 Å². The summed E-state index contributed by atoms with van der Waals surface area (Å²) in [7, 11) is 0. The summed E-state index contributed by atoms with van der Waals surface area (Å²) in [5, 5.41) is 2.83. The van der Waals surface area contributed by atoms with Crippen molar-refractivity contribution in [2.45, 2.75) is 19.7 Å². The fourth-order valence-electron chi connectivity index (χ4n) is 2.12. The second kappa shape index (κ2) is 8.77. The van der Waals surface area contributed by atoms with Gasteiger partial charge in [0, 0.05) is 17.1 Å². The van der Waals surface area contributed by atoms with E-state index in [1.807, 2.05) is 0 Å². The monoisotopic (exact) mass is 401 g/mol. The summed E-state index contributed by atoms with van der Waals surface area (Å²) in [4.78, 5) is 23.9. The van der Waals surface area contributed by atoms with Gasteiger partial charge in [0.1, 0.15) is 11.5 Å². The molecule has 0 aliphatic rings. The van der Waals surface area contributed by atoms with Gasteiger partial charge in [0.2, 0.25) is 0 Å². The number of Topliss-reactive ketones (excluding diaryl/α,β-unsaturated/α-hetero) is 1. The van der Waals surface area contributed by atoms with Crippen LogP contribution >= 0.6 is 11.6 Å². The molecule has 0 unspecified atom stereocenters. The topological polar surface area (TPSA) is 64.6 Å². The molecule has 0 aromatic heterocycles. The van der Waals surface area contributed by atoms with Gasteiger partial charge >= 0.3 is 6.36 Å². The van der Waals surface area contributed by atoms with Crippen LogP contribution in [0.2, 0.25) is 5.02 Å². The van der Waals surface area contributed by atoms with E-state index in [9.17, 15) is 22.8 Å². The summed E-state index contributed by atoms with van der Waals surface area (Å²) in [6.45, 7) is 1.29. The molecule has 9 heteroatoms. The third-order valence-electron chi connectivity index (χ3n) is 3.29. The molecule has 1 N–H and O–H groups in total. The number of rotatable bonds is 7. The molecular formula is C18H15ClF3NO4. The number of carbonyl (C=O) groups is 2. The molecule has 144 valence electrons. The van der Waals surface area contributed by atoms with Crippen LogP contribution in [0.15, 0.2) is 42.5 Å². The number of hydrogen-bond acceptors (Lipinski definition) is 4. The molecule has 1 amide bonds. The molecule has 0 saturated carbocycles. The van der Waals surface area contributed by atoms with Crippen LogP contribution in [0.3, 0.4) is 0 Å². The minimum absolute atomic E-state index is 0.187. The van der Waals surface area contributed by atoms with Crippen molar-refractivity contribution in [1.82, 2.24) is 0 Å². The highest BCUT2D eigenvalue weighted by Crippen LogP contribution is 2.25. The molecule has 0 atom stereocenters. The van der Waals surface area contributed by atoms with Crippen molar-refractivity contribution in [1.29, 1.82) is 0 Å². The molecular weight excluding hydrogens is 387 g/mol. The molecule has 2 aromatic carbocycles. The summed E-state index contributed by atoms with van der Waals surface area (Å²) >= 11 is 5.87. The second-order valence-electron chi connectivity index (χ2n) is 5.33. The van der Waals surface area contributed by atoms with Crippen LogP contribution in [0.4, 0.5) is 18.9 Å². The molecule has 27 heavy (non-hydrogen) atoms. The Labute approximate surface area is 158 Å². The molecule has 0 aliphatic carbocycles. The number of benzene rings is 2. The van der Waals surface area contributed by atoms with Gasteiger partial charge in [-0.1, -0.05) is 18.5 Å². The van der Waals surface area contributed by atoms with E-state index in [0.717, 1.165) is 12.1 Å². The zero-order valence-corrected chi connectivity index (χ0v) is 14.9. The van der Waals surface area contributed by atoms with Crippen LogP contribution in [-0.2, 0) is 4.79 Å². The lowest BCUT2D eigenvalue weighted by Gasteiger charge is -2.12. The summed E-state index contributed by atoms with van der Waals surface area (Å²) < 4.78 is 45.5. The van der Waals surface area contributed by atoms with Crippen molar-refractivity contribution < 1.29 is 32.2 Å². The fourth-order valence-corrected chi connectivity index (χ4v) is 2.29. The van der Waals surface area contributed by atoms with Crippen molar-refractivity contribution in [2.24, 2.45) is 0 Å². The molecule has 0 spiro atoms. The molecule has 0 fully saturated rings. The Bertz CT molecular complexity index is 822. The quantitative estimate of drug-likeness (QED) is 0.674. The van der Waals surface area contributed by atoms with E-state index >= 15 is 0 Å². The minimum Gasteiger partial charge on any atom is -0.483 e. The van der Waals surface area contributed by atoms with Gasteiger partial charge in [-0.3, -0.25) is 9.59 Å². The first kappa shape index (κ1) is 20.6. The molecule has 2 rings (SSSR count). The van der Waals surface area contributed by atoms with Crippen LogP contribution in [0.5, 0.6) is 11.5 Å². The summed E-state index contributed by atoms with van der Waals surface area (Å²) in [5.74, 6) is -0.923. The number of amides is 1. The number of carbonyl (C=O) groups excluding carboxylic acids is 2. The number of nitrogens with one attached hydrogen (secondary N) is 1. The average Bonchev–Trinajstić information content (AvgIpc) is 2.60. The number of anilines is 1. The maximum atomic E-state index is 12.1. The molecule has 0 radical (unpaired) electrons. The summed E-state index contributed by atoms with van der Waals surface area (Å²) in [6, 6.07) is 9.13. The highest BCUT2D eigenvalue weighted by molar-refractivity contribution is 6.31. The number of halogens is 4. The first-order valence-corrected chi connectivity index (χ1v) is 8.17. The Kier molecular flexibility index (Phi) is 6.68. The molecule has 0 aliphatic heterocycles. The Balaban J connectivity index is 1.96. The van der Waals surface area contributed by atoms with Gasteiger partial charge in [-0.2, -0.15) is 0 Å². The minimum atomic E-state index is -4.79. The standard InChI is InChI=1S/C18H15ClF3NO4/c1-2-15(24)14-9-11(19)3-8-16(14)26-10-17(25)23-12-4-6-13(7-5-12)27-18(20,21)22/h3-9H,2,10H2,1H3,(H,23,25). The SMILES string of the molecule is CCC(=O)c1cc(Cl)ccc1OCC(=O)Nc1ccc(OC(F)(F)F)cc1. The molecule has 2 aromatic rings. The Morgan fingerprint density at radius 1 is 1.11 bits per heavy atom. The fraction of sp³-hybridized carbons (Fsp3) is 0.222. The third kappa shape index (κ3) is 6.49. The molecule has 5 nitrogen and oxygen atoms in total. The largest absolute Gasteiger partial charge is 0.573 e. The van der Waals surface area contributed by atoms with E-state index in [-0.39, 0.29) is 29.2 Å². The average molecular weight is 402 g/mol. The van der Waals surface area contributed by atoms with Gasteiger partial charge in [0.05, 0.1) is 5.56 Å². The van der Waals surface area contributed by atoms with E-state index in [2.05, 4.69) is 10.1 Å². The normalized spacial score (nSPS) is 11.0. The highest BCUT2D eigenvalue weighted by atomic mass is 35.5. The zero-order chi connectivity index (χ0) is 20.0. The predicted octanol–water partition coefficient (Wildman–Crippen LogP) is 4.85. The molecule has 0 bridgehead atoms. The van der Waals surface area contributed by atoms with E-state index in [4.69, 9.17) is 16.3 Å². The first-order chi connectivity index (χ1) is 12.7. The van der Waals surface area contributed by atoms with Crippen molar-refractivity contribution >= 4 is 29.0 Å². The van der Waals surface area contributed by atoms with Crippen LogP contribution in [0.25, 0.3) is 0 Å². The Morgan fingerprint density at radius 3 is 2.37 bits per heavy atom. The summed E-state index contributed by atoms with van der Waals surface area (Å²) in [6.07, 6.45) is -4.54. The second-order valence-corrected chi connectivity index (χ2v) is 5.76. The highest BCUT2D eigenvalue weighted by Gasteiger charge is 2.30. The van der Waals surface area contributed by atoms with Gasteiger partial charge in [0.15, 0.2) is 12.4 Å². The van der Waals surface area contributed by atoms with Crippen molar-refractivity contribution in [3.05, 3.63) is 53.1 Å². The number of ether oxygens (including phenoxy) is 2. The maximum Gasteiger partial charge on any atom is 0.573 e. The van der Waals surface area contributed by atoms with Crippen LogP contribution in [0.1, 0.15) is 23.7 Å². The van der Waals surface area contributed by atoms with E-state index in [0.29, 0.717) is 5.02 Å². The number of alkyl halides is 3. The smallest absolute Gasteiger partial charge is 0.483 e. The first-order valence-electron chi connectivity index (χ1n) is 7.79. The Hall–Kier alpha value is -2.74. The van der Waals surface area contributed by atoms with Crippen molar-refractivity contribution in [3.8, 4) is 11.5 Å². The molecule has 0 heterocycles. The number of hydrogen-bond donors (Lipinski definition) is 1. The lowest BCUT2D eigenvalue weighted by atomic mass is 10.1. The predicted molar refractivity (Wildman–Crippen MR) is 93.3 cm³/mol. The van der Waals surface area contributed by atoms with Gasteiger partial charge in [-0.05, 0) is 42.5 Å². The van der Waals surface area contributed by atoms with Gasteiger partial charge < -0.3 is 14.8 Å². The van der Waals surface area contributed by atoms with E-state index in [1.54, 1.807) is 6.92 Å². The van der Waals surface area contributed by atoms with E-state index in [1.165, 1.54) is 30.3 Å². The van der Waals surface area contributed by atoms with Crippen molar-refractivity contribution in [2.75, 3.05) is 11.9 Å². The molecule has 0 saturated heterocycles. The lowest BCUT2D eigenvalue weighted by molar-refractivity contribution is -0.274. The lowest BCUT2D eigenvalue weighted by Crippen LogP contribution is -2.21. The van der Waals surface area contributed by atoms with Gasteiger partial charge in [0.25, 0.3) is 5.91 Å². The zero-order valence-electron chi connectivity index (χ0n) is 14.1.